The monoisotopic (exact) mass is 208 g/mol. The third-order valence-corrected chi connectivity index (χ3v) is 2.71. The van der Waals surface area contributed by atoms with Gasteiger partial charge in [0.25, 0.3) is 0 Å². The zero-order chi connectivity index (χ0) is 8.67. The van der Waals surface area contributed by atoms with Crippen LogP contribution in [0.25, 0.3) is 11.1 Å². The summed E-state index contributed by atoms with van der Waals surface area (Å²) in [5.74, 6) is 0. The Balaban J connectivity index is 0.000000562. The van der Waals surface area contributed by atoms with Gasteiger partial charge < -0.3 is 12.4 Å². The van der Waals surface area contributed by atoms with E-state index in [2.05, 4.69) is 48.5 Å². The van der Waals surface area contributed by atoms with E-state index < -0.39 is 0 Å². The fraction of sp³-hybridized carbons (Fsp3) is 0.0769. The quantitative estimate of drug-likeness (QED) is 0.352. The van der Waals surface area contributed by atoms with E-state index in [9.17, 15) is 0 Å². The van der Waals surface area contributed by atoms with Gasteiger partial charge in [-0.15, -0.1) is 0 Å². The minimum absolute atomic E-state index is 0. The van der Waals surface area contributed by atoms with E-state index in [0.29, 0.717) is 0 Å². The van der Waals surface area contributed by atoms with Crippen molar-refractivity contribution in [2.24, 2.45) is 0 Å². The molecule has 0 saturated carbocycles. The third kappa shape index (κ3) is 1.99. The van der Waals surface area contributed by atoms with Crippen molar-refractivity contribution < 1.29 is 31.3 Å². The fourth-order valence-corrected chi connectivity index (χ4v) is 2.08. The van der Waals surface area contributed by atoms with Crippen molar-refractivity contribution in [3.63, 3.8) is 0 Å². The Morgan fingerprint density at radius 1 is 0.667 bits per heavy atom. The number of halogens is 1. The molecule has 0 spiro atoms. The van der Waals surface area contributed by atoms with E-state index in [1.807, 2.05) is 0 Å². The van der Waals surface area contributed by atoms with Gasteiger partial charge in [0.05, 0.1) is 0 Å². The van der Waals surface area contributed by atoms with E-state index in [4.69, 9.17) is 0 Å². The van der Waals surface area contributed by atoms with Gasteiger partial charge in [-0.05, 0) is 28.7 Å². The zero-order valence-electron chi connectivity index (χ0n) is 8.70. The molecular formula is C13H10ClLi. The normalized spacial score (nSPS) is 10.7. The molecule has 0 nitrogen and oxygen atoms in total. The second-order valence-corrected chi connectivity index (χ2v) is 3.49. The van der Waals surface area contributed by atoms with Crippen molar-refractivity contribution in [3.05, 3.63) is 59.7 Å². The fourth-order valence-electron chi connectivity index (χ4n) is 2.08. The molecular weight excluding hydrogens is 199 g/mol. The summed E-state index contributed by atoms with van der Waals surface area (Å²) in [4.78, 5) is 0. The Morgan fingerprint density at radius 3 is 1.53 bits per heavy atom. The van der Waals surface area contributed by atoms with Crippen LogP contribution in [0.15, 0.2) is 48.5 Å². The molecule has 1 aliphatic rings. The van der Waals surface area contributed by atoms with Crippen molar-refractivity contribution in [3.8, 4) is 11.1 Å². The van der Waals surface area contributed by atoms with Gasteiger partial charge >= 0.3 is 18.9 Å². The van der Waals surface area contributed by atoms with Crippen LogP contribution in [0.1, 0.15) is 11.1 Å². The molecule has 0 heterocycles. The van der Waals surface area contributed by atoms with Gasteiger partial charge in [-0.1, -0.05) is 48.5 Å². The topological polar surface area (TPSA) is 0 Å². The average Bonchev–Trinajstić information content (AvgIpc) is 2.56. The molecule has 1 aliphatic carbocycles. The first-order valence-electron chi connectivity index (χ1n) is 4.61. The standard InChI is InChI=1S/C13H10.ClH.Li/c1-3-7-12-10(5-1)9-11-6-2-4-8-13(11)12;;/h1-8H,9H2;1H;/q;;+1/p-1. The Kier molecular flexibility index (Phi) is 4.05. The molecule has 0 fully saturated rings. The van der Waals surface area contributed by atoms with E-state index >= 15 is 0 Å². The van der Waals surface area contributed by atoms with Crippen LogP contribution in [-0.2, 0) is 6.42 Å². The maximum Gasteiger partial charge on any atom is 1.00 e. The average molecular weight is 209 g/mol. The first-order chi connectivity index (χ1) is 6.45. The van der Waals surface area contributed by atoms with Gasteiger partial charge in [0.1, 0.15) is 0 Å². The largest absolute Gasteiger partial charge is 1.00 e. The SMILES string of the molecule is [Cl-].[Li+].c1ccc2c(c1)Cc1ccccc1-2. The molecule has 0 aromatic heterocycles. The van der Waals surface area contributed by atoms with Crippen LogP contribution in [0.4, 0.5) is 0 Å². The minimum Gasteiger partial charge on any atom is -1.00 e. The second kappa shape index (κ2) is 4.90. The summed E-state index contributed by atoms with van der Waals surface area (Å²) in [5, 5.41) is 0. The summed E-state index contributed by atoms with van der Waals surface area (Å²) in [5.41, 5.74) is 5.75. The van der Waals surface area contributed by atoms with E-state index in [0.717, 1.165) is 6.42 Å². The van der Waals surface area contributed by atoms with Gasteiger partial charge in [-0.25, -0.2) is 0 Å². The Bertz CT molecular complexity index is 422. The maximum absolute atomic E-state index is 2.22. The van der Waals surface area contributed by atoms with Crippen molar-refractivity contribution in [1.82, 2.24) is 0 Å². The number of rotatable bonds is 0. The minimum atomic E-state index is 0. The number of benzene rings is 2. The first kappa shape index (κ1) is 12.4. The van der Waals surface area contributed by atoms with Crippen LogP contribution in [0.3, 0.4) is 0 Å². The van der Waals surface area contributed by atoms with Crippen LogP contribution in [0, 0.1) is 0 Å². The Hall–Kier alpha value is -0.673. The van der Waals surface area contributed by atoms with Crippen molar-refractivity contribution >= 4 is 0 Å². The molecule has 2 aromatic carbocycles. The van der Waals surface area contributed by atoms with E-state index in [1.54, 1.807) is 0 Å². The molecule has 0 atom stereocenters. The van der Waals surface area contributed by atoms with Crippen LogP contribution in [0.5, 0.6) is 0 Å². The van der Waals surface area contributed by atoms with Crippen LogP contribution in [0.2, 0.25) is 0 Å². The molecule has 0 bridgehead atoms. The predicted octanol–water partition coefficient (Wildman–Crippen LogP) is -2.73. The second-order valence-electron chi connectivity index (χ2n) is 3.49. The molecule has 70 valence electrons. The van der Waals surface area contributed by atoms with Gasteiger partial charge in [0.2, 0.25) is 0 Å². The van der Waals surface area contributed by atoms with Crippen LogP contribution in [-0.4, -0.2) is 0 Å². The predicted molar refractivity (Wildman–Crippen MR) is 54.7 cm³/mol. The molecule has 3 rings (SSSR count). The summed E-state index contributed by atoms with van der Waals surface area (Å²) in [6, 6.07) is 17.3. The number of fused-ring (bicyclic) bond motifs is 3. The Labute approximate surface area is 108 Å². The van der Waals surface area contributed by atoms with Gasteiger partial charge in [0, 0.05) is 0 Å². The van der Waals surface area contributed by atoms with Crippen LogP contribution >= 0.6 is 0 Å². The molecule has 0 N–H and O–H groups in total. The van der Waals surface area contributed by atoms with Gasteiger partial charge in [-0.2, -0.15) is 0 Å². The smallest absolute Gasteiger partial charge is 1.00 e. The summed E-state index contributed by atoms with van der Waals surface area (Å²) in [6.45, 7) is 0. The van der Waals surface area contributed by atoms with Gasteiger partial charge in [0.15, 0.2) is 0 Å². The van der Waals surface area contributed by atoms with Gasteiger partial charge in [-0.3, -0.25) is 0 Å². The summed E-state index contributed by atoms with van der Waals surface area (Å²) < 4.78 is 0. The van der Waals surface area contributed by atoms with Crippen LogP contribution < -0.4 is 31.3 Å². The maximum atomic E-state index is 2.22. The molecule has 2 aromatic rings. The summed E-state index contributed by atoms with van der Waals surface area (Å²) in [7, 11) is 0. The summed E-state index contributed by atoms with van der Waals surface area (Å²) >= 11 is 0. The van der Waals surface area contributed by atoms with E-state index in [1.165, 1.54) is 22.3 Å². The van der Waals surface area contributed by atoms with Crippen molar-refractivity contribution in [1.29, 1.82) is 0 Å². The van der Waals surface area contributed by atoms with Crippen molar-refractivity contribution in [2.45, 2.75) is 6.42 Å². The molecule has 0 unspecified atom stereocenters. The van der Waals surface area contributed by atoms with E-state index in [-0.39, 0.29) is 31.3 Å². The summed E-state index contributed by atoms with van der Waals surface area (Å²) in [6.07, 6.45) is 1.10. The Morgan fingerprint density at radius 2 is 1.07 bits per heavy atom. The number of hydrogen-bond donors (Lipinski definition) is 0. The molecule has 15 heavy (non-hydrogen) atoms. The molecule has 0 radical (unpaired) electrons. The zero-order valence-corrected chi connectivity index (χ0v) is 9.46. The molecule has 0 aliphatic heterocycles. The first-order valence-corrected chi connectivity index (χ1v) is 4.61. The third-order valence-electron chi connectivity index (χ3n) is 2.71. The molecule has 0 saturated heterocycles. The molecule has 0 amide bonds. The van der Waals surface area contributed by atoms with Crippen molar-refractivity contribution in [2.75, 3.05) is 0 Å². The molecule has 2 heteroatoms. The number of hydrogen-bond acceptors (Lipinski definition) is 0.